The largest absolute Gasteiger partial charge is 0.353 e. The summed E-state index contributed by atoms with van der Waals surface area (Å²) < 4.78 is 0. The Balaban J connectivity index is 0.00000264. The number of nitrogens with two attached hydrogens (primary N) is 1. The summed E-state index contributed by atoms with van der Waals surface area (Å²) in [5.74, 6) is -0.0375. The molecule has 1 aliphatic rings. The third kappa shape index (κ3) is 4.90. The fourth-order valence-electron chi connectivity index (χ4n) is 2.54. The molecule has 0 aromatic heterocycles. The molecule has 0 saturated carbocycles. The molecule has 0 aliphatic carbocycles. The summed E-state index contributed by atoms with van der Waals surface area (Å²) in [6.07, 6.45) is 1.68. The predicted octanol–water partition coefficient (Wildman–Crippen LogP) is 2.02. The summed E-state index contributed by atoms with van der Waals surface area (Å²) in [6, 6.07) is 9.79. The summed E-state index contributed by atoms with van der Waals surface area (Å²) in [5.41, 5.74) is 13.3. The van der Waals surface area contributed by atoms with Gasteiger partial charge in [-0.05, 0) is 18.4 Å². The van der Waals surface area contributed by atoms with E-state index >= 15 is 0 Å². The zero-order chi connectivity index (χ0) is 16.2. The number of halogens is 2. The summed E-state index contributed by atoms with van der Waals surface area (Å²) in [7, 11) is 0. The van der Waals surface area contributed by atoms with Crippen LogP contribution in [0.15, 0.2) is 30.3 Å². The van der Waals surface area contributed by atoms with Crippen LogP contribution in [0.3, 0.4) is 0 Å². The van der Waals surface area contributed by atoms with Gasteiger partial charge in [0.2, 0.25) is 5.91 Å². The van der Waals surface area contributed by atoms with Crippen molar-refractivity contribution in [3.8, 4) is 0 Å². The van der Waals surface area contributed by atoms with Gasteiger partial charge in [0, 0.05) is 12.1 Å². The smallest absolute Gasteiger partial charge is 0.239 e. The molecule has 1 aliphatic heterocycles. The van der Waals surface area contributed by atoms with Gasteiger partial charge in [0.05, 0.1) is 10.9 Å². The first-order valence-electron chi connectivity index (χ1n) is 7.77. The van der Waals surface area contributed by atoms with E-state index in [2.05, 4.69) is 32.1 Å². The van der Waals surface area contributed by atoms with Crippen molar-refractivity contribution in [1.29, 1.82) is 0 Å². The Morgan fingerprint density at radius 1 is 1.26 bits per heavy atom. The topological polar surface area (TPSA) is 79.2 Å². The van der Waals surface area contributed by atoms with Crippen LogP contribution in [0.2, 0.25) is 0 Å². The Hall–Kier alpha value is -0.660. The molecule has 5 nitrogen and oxygen atoms in total. The lowest BCUT2D eigenvalue weighted by Gasteiger charge is -2.27. The Kier molecular flexibility index (Phi) is 7.97. The van der Waals surface area contributed by atoms with Crippen molar-refractivity contribution in [3.63, 3.8) is 0 Å². The number of benzene rings is 1. The zero-order valence-electron chi connectivity index (χ0n) is 13.5. The second-order valence-corrected chi connectivity index (χ2v) is 6.94. The number of hydrogen-bond acceptors (Lipinski definition) is 4. The Labute approximate surface area is 152 Å². The van der Waals surface area contributed by atoms with Gasteiger partial charge >= 0.3 is 0 Å². The highest BCUT2D eigenvalue weighted by Crippen LogP contribution is 2.28. The van der Waals surface area contributed by atoms with Crippen LogP contribution < -0.4 is 21.9 Å². The van der Waals surface area contributed by atoms with Crippen molar-refractivity contribution >= 4 is 34.2 Å². The van der Waals surface area contributed by atoms with Gasteiger partial charge in [0.15, 0.2) is 0 Å². The number of hydrazine groups is 1. The molecule has 3 atom stereocenters. The standard InChI is InChI=1S/C16H25BrN4O.ClH/c1-3-16(18,4-2)10-19-15(22)14-12(17)13(20-21-14)11-8-6-5-7-9-11;/h5-9,12-14,20-21H,3-4,10,18H2,1-2H3,(H,19,22);1H. The second-order valence-electron chi connectivity index (χ2n) is 5.89. The lowest BCUT2D eigenvalue weighted by molar-refractivity contribution is -0.123. The molecular weight excluding hydrogens is 380 g/mol. The quantitative estimate of drug-likeness (QED) is 0.546. The second kappa shape index (κ2) is 8.99. The van der Waals surface area contributed by atoms with E-state index < -0.39 is 0 Å². The first-order valence-corrected chi connectivity index (χ1v) is 8.69. The molecule has 1 fully saturated rings. The normalized spacial score (nSPS) is 24.1. The van der Waals surface area contributed by atoms with Crippen LogP contribution in [0.5, 0.6) is 0 Å². The number of hydrogen-bond donors (Lipinski definition) is 4. The molecule has 5 N–H and O–H groups in total. The van der Waals surface area contributed by atoms with Crippen LogP contribution in [0.25, 0.3) is 0 Å². The highest BCUT2D eigenvalue weighted by molar-refractivity contribution is 9.09. The highest BCUT2D eigenvalue weighted by atomic mass is 79.9. The molecule has 0 spiro atoms. The van der Waals surface area contributed by atoms with Crippen LogP contribution in [0.1, 0.15) is 38.3 Å². The summed E-state index contributed by atoms with van der Waals surface area (Å²) in [6.45, 7) is 4.58. The number of alkyl halides is 1. The molecule has 1 amide bonds. The van der Waals surface area contributed by atoms with Crippen molar-refractivity contribution in [1.82, 2.24) is 16.2 Å². The number of nitrogens with one attached hydrogen (secondary N) is 3. The van der Waals surface area contributed by atoms with Gasteiger partial charge in [-0.25, -0.2) is 10.9 Å². The lowest BCUT2D eigenvalue weighted by atomic mass is 9.94. The molecule has 7 heteroatoms. The summed E-state index contributed by atoms with van der Waals surface area (Å²) in [4.78, 5) is 12.4. The summed E-state index contributed by atoms with van der Waals surface area (Å²) in [5, 5.41) is 2.97. The van der Waals surface area contributed by atoms with E-state index in [4.69, 9.17) is 5.73 Å². The first-order chi connectivity index (χ1) is 10.5. The van der Waals surface area contributed by atoms with Crippen molar-refractivity contribution in [2.24, 2.45) is 5.73 Å². The van der Waals surface area contributed by atoms with Gasteiger partial charge in [-0.2, -0.15) is 0 Å². The Bertz CT molecular complexity index is 498. The Morgan fingerprint density at radius 2 is 1.87 bits per heavy atom. The van der Waals surface area contributed by atoms with Gasteiger partial charge < -0.3 is 11.1 Å². The third-order valence-electron chi connectivity index (χ3n) is 4.50. The van der Waals surface area contributed by atoms with E-state index in [0.29, 0.717) is 6.54 Å². The third-order valence-corrected chi connectivity index (χ3v) is 5.55. The van der Waals surface area contributed by atoms with E-state index in [9.17, 15) is 4.79 Å². The minimum absolute atomic E-state index is 0. The van der Waals surface area contributed by atoms with E-state index in [0.717, 1.165) is 18.4 Å². The highest BCUT2D eigenvalue weighted by Gasteiger charge is 2.39. The molecule has 23 heavy (non-hydrogen) atoms. The zero-order valence-corrected chi connectivity index (χ0v) is 15.9. The SMILES string of the molecule is CCC(N)(CC)CNC(=O)C1NNC(c2ccccc2)C1Br.Cl. The van der Waals surface area contributed by atoms with Crippen LogP contribution in [0.4, 0.5) is 0 Å². The van der Waals surface area contributed by atoms with E-state index in [1.54, 1.807) is 0 Å². The van der Waals surface area contributed by atoms with E-state index in [1.165, 1.54) is 0 Å². The van der Waals surface area contributed by atoms with Crippen LogP contribution in [0, 0.1) is 0 Å². The van der Waals surface area contributed by atoms with Crippen molar-refractivity contribution < 1.29 is 4.79 Å². The molecule has 0 radical (unpaired) electrons. The predicted molar refractivity (Wildman–Crippen MR) is 99.7 cm³/mol. The molecule has 1 aromatic rings. The maximum atomic E-state index is 12.4. The van der Waals surface area contributed by atoms with Crippen molar-refractivity contribution in [2.45, 2.75) is 49.1 Å². The minimum atomic E-state index is -0.331. The lowest BCUT2D eigenvalue weighted by Crippen LogP contribution is -2.53. The van der Waals surface area contributed by atoms with Crippen LogP contribution in [-0.4, -0.2) is 28.9 Å². The maximum Gasteiger partial charge on any atom is 0.239 e. The Morgan fingerprint density at radius 3 is 2.43 bits per heavy atom. The van der Waals surface area contributed by atoms with Crippen molar-refractivity contribution in [2.75, 3.05) is 6.54 Å². The van der Waals surface area contributed by atoms with Gasteiger partial charge in [0.25, 0.3) is 0 Å². The number of carbonyl (C=O) groups excluding carboxylic acids is 1. The number of amides is 1. The molecule has 1 heterocycles. The van der Waals surface area contributed by atoms with E-state index in [-0.39, 0.29) is 40.8 Å². The molecule has 0 bridgehead atoms. The molecule has 1 saturated heterocycles. The first kappa shape index (κ1) is 20.4. The molecule has 2 rings (SSSR count). The molecule has 130 valence electrons. The van der Waals surface area contributed by atoms with Crippen LogP contribution >= 0.6 is 28.3 Å². The van der Waals surface area contributed by atoms with Crippen LogP contribution in [-0.2, 0) is 4.79 Å². The van der Waals surface area contributed by atoms with Gasteiger partial charge in [0.1, 0.15) is 6.04 Å². The average Bonchev–Trinajstić information content (AvgIpc) is 2.95. The maximum absolute atomic E-state index is 12.4. The fraction of sp³-hybridized carbons (Fsp3) is 0.562. The monoisotopic (exact) mass is 404 g/mol. The molecular formula is C16H26BrClN4O. The summed E-state index contributed by atoms with van der Waals surface area (Å²) >= 11 is 3.65. The molecule has 3 unspecified atom stereocenters. The van der Waals surface area contributed by atoms with Crippen molar-refractivity contribution in [3.05, 3.63) is 35.9 Å². The minimum Gasteiger partial charge on any atom is -0.353 e. The number of carbonyl (C=O) groups is 1. The average molecular weight is 406 g/mol. The fourth-order valence-corrected chi connectivity index (χ4v) is 3.35. The molecule has 1 aromatic carbocycles. The van der Waals surface area contributed by atoms with Gasteiger partial charge in [-0.15, -0.1) is 12.4 Å². The number of rotatable bonds is 6. The van der Waals surface area contributed by atoms with Gasteiger partial charge in [-0.3, -0.25) is 4.79 Å². The van der Waals surface area contributed by atoms with Gasteiger partial charge in [-0.1, -0.05) is 60.1 Å². The van der Waals surface area contributed by atoms with E-state index in [1.807, 2.05) is 44.2 Å².